The predicted molar refractivity (Wildman–Crippen MR) is 48.1 cm³/mol. The van der Waals surface area contributed by atoms with E-state index >= 15 is 0 Å². The van der Waals surface area contributed by atoms with Crippen molar-refractivity contribution in [2.24, 2.45) is 0 Å². The molecule has 0 radical (unpaired) electrons. The number of allylic oxidation sites excluding steroid dienone is 1. The van der Waals surface area contributed by atoms with Crippen LogP contribution in [-0.4, -0.2) is 18.2 Å². The highest BCUT2D eigenvalue weighted by Gasteiger charge is 2.00. The zero-order valence-electron chi connectivity index (χ0n) is 7.89. The lowest BCUT2D eigenvalue weighted by Gasteiger charge is -2.20. The van der Waals surface area contributed by atoms with Gasteiger partial charge in [-0.2, -0.15) is 0 Å². The quantitative estimate of drug-likeness (QED) is 0.434. The molecule has 11 heavy (non-hydrogen) atoms. The lowest BCUT2D eigenvalue weighted by atomic mass is 10.3. The molecule has 0 amide bonds. The van der Waals surface area contributed by atoms with Crippen LogP contribution in [0.2, 0.25) is 0 Å². The minimum atomic E-state index is 0.767. The number of hydrogen-bond donors (Lipinski definition) is 0. The minimum Gasteiger partial charge on any atom is -0.411 e. The Bertz CT molecular complexity index is 112. The zero-order valence-corrected chi connectivity index (χ0v) is 7.89. The Labute approximate surface area is 69.8 Å². The molecule has 0 unspecified atom stereocenters. The van der Waals surface area contributed by atoms with Crippen LogP contribution in [0.3, 0.4) is 0 Å². The maximum Gasteiger partial charge on any atom is 0.114 e. The molecule has 0 spiro atoms. The highest BCUT2D eigenvalue weighted by Crippen LogP contribution is 2.00. The molecule has 0 saturated heterocycles. The van der Waals surface area contributed by atoms with Crippen LogP contribution in [0.25, 0.3) is 0 Å². The van der Waals surface area contributed by atoms with Gasteiger partial charge in [-0.15, -0.1) is 5.06 Å². The van der Waals surface area contributed by atoms with Gasteiger partial charge in [0.05, 0.1) is 0 Å². The topological polar surface area (TPSA) is 12.5 Å². The Morgan fingerprint density at radius 1 is 1.45 bits per heavy atom. The van der Waals surface area contributed by atoms with Crippen LogP contribution < -0.4 is 0 Å². The van der Waals surface area contributed by atoms with Crippen molar-refractivity contribution in [2.75, 3.05) is 13.1 Å². The summed E-state index contributed by atoms with van der Waals surface area (Å²) in [5, 5.41) is 1.94. The van der Waals surface area contributed by atoms with E-state index in [0.717, 1.165) is 18.8 Å². The van der Waals surface area contributed by atoms with Crippen LogP contribution in [0.1, 0.15) is 33.6 Å². The third-order valence-electron chi connectivity index (χ3n) is 1.40. The van der Waals surface area contributed by atoms with E-state index in [1.54, 1.807) is 0 Å². The van der Waals surface area contributed by atoms with Crippen LogP contribution in [0, 0.1) is 0 Å². The van der Waals surface area contributed by atoms with Gasteiger partial charge in [0, 0.05) is 13.1 Å². The third-order valence-corrected chi connectivity index (χ3v) is 1.40. The van der Waals surface area contributed by atoms with E-state index in [1.165, 1.54) is 12.8 Å². The fraction of sp³-hybridized carbons (Fsp3) is 0.778. The van der Waals surface area contributed by atoms with E-state index in [0.29, 0.717) is 0 Å². The fourth-order valence-electron chi connectivity index (χ4n) is 0.823. The van der Waals surface area contributed by atoms with Crippen molar-refractivity contribution in [3.63, 3.8) is 0 Å². The summed E-state index contributed by atoms with van der Waals surface area (Å²) in [6, 6.07) is 0. The van der Waals surface area contributed by atoms with Crippen molar-refractivity contribution in [1.29, 1.82) is 0 Å². The van der Waals surface area contributed by atoms with Crippen molar-refractivity contribution in [3.8, 4) is 0 Å². The molecule has 0 aromatic rings. The summed E-state index contributed by atoms with van der Waals surface area (Å²) in [4.78, 5) is 5.34. The standard InChI is InChI=1S/C9H19NO/c1-5-7-8-10(6-2)11-9(3)4/h3,5-8H2,1-2,4H3. The Morgan fingerprint density at radius 3 is 2.45 bits per heavy atom. The van der Waals surface area contributed by atoms with Gasteiger partial charge in [0.15, 0.2) is 0 Å². The Hall–Kier alpha value is -0.500. The molecule has 0 atom stereocenters. The number of hydroxylamine groups is 2. The summed E-state index contributed by atoms with van der Waals surface area (Å²) in [6.45, 7) is 11.7. The Morgan fingerprint density at radius 2 is 2.09 bits per heavy atom. The fourth-order valence-corrected chi connectivity index (χ4v) is 0.823. The SMILES string of the molecule is C=C(C)ON(CC)CCCC. The second-order valence-electron chi connectivity index (χ2n) is 2.67. The van der Waals surface area contributed by atoms with E-state index in [1.807, 2.05) is 12.0 Å². The molecule has 0 rings (SSSR count). The van der Waals surface area contributed by atoms with Gasteiger partial charge in [0.1, 0.15) is 5.76 Å². The molecule has 0 heterocycles. The van der Waals surface area contributed by atoms with Crippen LogP contribution in [0.5, 0.6) is 0 Å². The maximum atomic E-state index is 5.34. The average Bonchev–Trinajstić information content (AvgIpc) is 1.97. The summed E-state index contributed by atoms with van der Waals surface area (Å²) >= 11 is 0. The number of hydrogen-bond acceptors (Lipinski definition) is 2. The Balaban J connectivity index is 3.49. The summed E-state index contributed by atoms with van der Waals surface area (Å²) in [6.07, 6.45) is 2.39. The minimum absolute atomic E-state index is 0.767. The highest BCUT2D eigenvalue weighted by molar-refractivity contribution is 4.72. The van der Waals surface area contributed by atoms with Crippen molar-refractivity contribution in [1.82, 2.24) is 5.06 Å². The van der Waals surface area contributed by atoms with Crippen molar-refractivity contribution < 1.29 is 4.84 Å². The molecule has 0 fully saturated rings. The maximum absolute atomic E-state index is 5.34. The van der Waals surface area contributed by atoms with Gasteiger partial charge in [-0.1, -0.05) is 19.9 Å². The van der Waals surface area contributed by atoms with Gasteiger partial charge in [0.2, 0.25) is 0 Å². The van der Waals surface area contributed by atoms with E-state index in [9.17, 15) is 0 Å². The number of unbranched alkanes of at least 4 members (excludes halogenated alkanes) is 1. The van der Waals surface area contributed by atoms with E-state index < -0.39 is 0 Å². The molecule has 2 heteroatoms. The van der Waals surface area contributed by atoms with E-state index in [2.05, 4.69) is 20.4 Å². The molecule has 0 N–H and O–H groups in total. The molecule has 2 nitrogen and oxygen atoms in total. The van der Waals surface area contributed by atoms with Gasteiger partial charge in [-0.25, -0.2) is 0 Å². The van der Waals surface area contributed by atoms with Crippen LogP contribution >= 0.6 is 0 Å². The first-order valence-electron chi connectivity index (χ1n) is 4.29. The van der Waals surface area contributed by atoms with Crippen molar-refractivity contribution >= 4 is 0 Å². The first kappa shape index (κ1) is 10.5. The van der Waals surface area contributed by atoms with Crippen LogP contribution in [0.15, 0.2) is 12.3 Å². The molecule has 0 aromatic heterocycles. The lowest BCUT2D eigenvalue weighted by molar-refractivity contribution is -0.115. The number of rotatable bonds is 6. The molecule has 66 valence electrons. The summed E-state index contributed by atoms with van der Waals surface area (Å²) in [7, 11) is 0. The second-order valence-corrected chi connectivity index (χ2v) is 2.67. The van der Waals surface area contributed by atoms with E-state index in [-0.39, 0.29) is 0 Å². The normalized spacial score (nSPS) is 10.2. The summed E-state index contributed by atoms with van der Waals surface area (Å²) in [5.74, 6) is 0.767. The average molecular weight is 157 g/mol. The third kappa shape index (κ3) is 5.92. The van der Waals surface area contributed by atoms with Gasteiger partial charge in [-0.05, 0) is 20.3 Å². The molecule has 0 aliphatic heterocycles. The summed E-state index contributed by atoms with van der Waals surface area (Å²) < 4.78 is 0. The van der Waals surface area contributed by atoms with Crippen molar-refractivity contribution in [3.05, 3.63) is 12.3 Å². The Kier molecular flexibility index (Phi) is 5.94. The van der Waals surface area contributed by atoms with Crippen LogP contribution in [0.4, 0.5) is 0 Å². The predicted octanol–water partition coefficient (Wildman–Crippen LogP) is 2.57. The highest BCUT2D eigenvalue weighted by atomic mass is 16.7. The largest absolute Gasteiger partial charge is 0.411 e. The molecule has 0 aliphatic rings. The van der Waals surface area contributed by atoms with Gasteiger partial charge >= 0.3 is 0 Å². The molecular formula is C9H19NO. The van der Waals surface area contributed by atoms with E-state index in [4.69, 9.17) is 4.84 Å². The monoisotopic (exact) mass is 157 g/mol. The first-order chi connectivity index (χ1) is 5.20. The smallest absolute Gasteiger partial charge is 0.114 e. The molecule has 0 aromatic carbocycles. The number of nitrogens with zero attached hydrogens (tertiary/aromatic N) is 1. The van der Waals surface area contributed by atoms with Gasteiger partial charge in [0.25, 0.3) is 0 Å². The second kappa shape index (κ2) is 6.23. The summed E-state index contributed by atoms with van der Waals surface area (Å²) in [5.41, 5.74) is 0. The molecule has 0 aliphatic carbocycles. The van der Waals surface area contributed by atoms with Crippen molar-refractivity contribution in [2.45, 2.75) is 33.6 Å². The molecule has 0 bridgehead atoms. The first-order valence-corrected chi connectivity index (χ1v) is 4.29. The van der Waals surface area contributed by atoms with Gasteiger partial charge in [-0.3, -0.25) is 0 Å². The molecular weight excluding hydrogens is 138 g/mol. The van der Waals surface area contributed by atoms with Crippen LogP contribution in [-0.2, 0) is 4.84 Å². The molecule has 0 saturated carbocycles. The van der Waals surface area contributed by atoms with Gasteiger partial charge < -0.3 is 4.84 Å². The zero-order chi connectivity index (χ0) is 8.69. The lowest BCUT2D eigenvalue weighted by Crippen LogP contribution is -2.23.